The maximum absolute atomic E-state index is 14.2. The first kappa shape index (κ1) is 28.0. The SMILES string of the molecule is O=C(O)[C@@H]1CC[C@@H]2CN(Cc3ccc4c(C(F)(F)F)c(OC5CCC(C(F)(F)F)CC5)ccc4c3)CCN2C1. The van der Waals surface area contributed by atoms with Gasteiger partial charge in [-0.2, -0.15) is 26.3 Å². The van der Waals surface area contributed by atoms with Crippen LogP contribution in [-0.2, 0) is 17.5 Å². The molecule has 2 saturated heterocycles. The number of rotatable bonds is 5. The Morgan fingerprint density at radius 2 is 1.67 bits per heavy atom. The Balaban J connectivity index is 1.28. The highest BCUT2D eigenvalue weighted by molar-refractivity contribution is 5.89. The van der Waals surface area contributed by atoms with Crippen molar-refractivity contribution in [1.29, 1.82) is 0 Å². The summed E-state index contributed by atoms with van der Waals surface area (Å²) in [4.78, 5) is 15.8. The maximum atomic E-state index is 14.2. The van der Waals surface area contributed by atoms with Crippen LogP contribution in [0.2, 0.25) is 0 Å². The number of hydrogen-bond acceptors (Lipinski definition) is 4. The standard InChI is InChI=1S/C28H32F6N2O3/c29-27(30,31)20-4-7-22(8-5-20)39-24-10-3-18-13-17(1-9-23(18)25(24)28(32,33)34)14-35-11-12-36-15-19(26(37)38)2-6-21(36)16-35/h1,3,9-10,13,19-22H,2,4-8,11-12,14-16H2,(H,37,38)/t19-,20?,21-,22?/m1/s1. The Bertz CT molecular complexity index is 1190. The average molecular weight is 559 g/mol. The normalized spacial score (nSPS) is 27.3. The van der Waals surface area contributed by atoms with Crippen molar-refractivity contribution in [1.82, 2.24) is 9.80 Å². The summed E-state index contributed by atoms with van der Waals surface area (Å²) in [5.41, 5.74) is -0.0178. The third kappa shape index (κ3) is 6.29. The maximum Gasteiger partial charge on any atom is 0.420 e. The van der Waals surface area contributed by atoms with Crippen molar-refractivity contribution in [2.24, 2.45) is 11.8 Å². The second-order valence-corrected chi connectivity index (χ2v) is 11.1. The summed E-state index contributed by atoms with van der Waals surface area (Å²) in [5.74, 6) is -2.86. The molecule has 1 aliphatic carbocycles. The van der Waals surface area contributed by atoms with Crippen LogP contribution in [0.3, 0.4) is 0 Å². The fraction of sp³-hybridized carbons (Fsp3) is 0.607. The number of piperazine rings is 1. The zero-order valence-electron chi connectivity index (χ0n) is 21.4. The number of fused-ring (bicyclic) bond motifs is 2. The van der Waals surface area contributed by atoms with Crippen LogP contribution in [0, 0.1) is 11.8 Å². The van der Waals surface area contributed by atoms with Crippen molar-refractivity contribution in [2.45, 2.75) is 69.6 Å². The van der Waals surface area contributed by atoms with Gasteiger partial charge >= 0.3 is 18.3 Å². The van der Waals surface area contributed by atoms with E-state index in [9.17, 15) is 36.2 Å². The van der Waals surface area contributed by atoms with Crippen LogP contribution in [0.1, 0.15) is 49.7 Å². The van der Waals surface area contributed by atoms with E-state index in [2.05, 4.69) is 9.80 Å². The van der Waals surface area contributed by atoms with Crippen molar-refractivity contribution in [2.75, 3.05) is 26.2 Å². The molecule has 0 amide bonds. The molecule has 0 bridgehead atoms. The van der Waals surface area contributed by atoms with Crippen molar-refractivity contribution >= 4 is 16.7 Å². The molecule has 0 spiro atoms. The molecule has 2 atom stereocenters. The quantitative estimate of drug-likeness (QED) is 0.434. The van der Waals surface area contributed by atoms with Gasteiger partial charge in [-0.3, -0.25) is 14.6 Å². The van der Waals surface area contributed by atoms with E-state index in [1.807, 2.05) is 0 Å². The number of alkyl halides is 6. The molecular formula is C28H32F6N2O3. The van der Waals surface area contributed by atoms with Gasteiger partial charge in [-0.15, -0.1) is 0 Å². The van der Waals surface area contributed by atoms with Gasteiger partial charge in [0.05, 0.1) is 17.9 Å². The molecule has 5 rings (SSSR count). The van der Waals surface area contributed by atoms with Gasteiger partial charge in [0.25, 0.3) is 0 Å². The molecule has 2 aliphatic heterocycles. The van der Waals surface area contributed by atoms with Crippen molar-refractivity contribution in [3.05, 3.63) is 41.5 Å². The molecule has 214 valence electrons. The van der Waals surface area contributed by atoms with E-state index in [4.69, 9.17) is 4.74 Å². The summed E-state index contributed by atoms with van der Waals surface area (Å²) < 4.78 is 87.1. The predicted octanol–water partition coefficient (Wildman–Crippen LogP) is 6.34. The van der Waals surface area contributed by atoms with Gasteiger partial charge in [0.1, 0.15) is 11.3 Å². The van der Waals surface area contributed by atoms with Gasteiger partial charge in [-0.1, -0.05) is 18.2 Å². The van der Waals surface area contributed by atoms with Crippen LogP contribution in [-0.4, -0.2) is 65.4 Å². The van der Waals surface area contributed by atoms with Gasteiger partial charge < -0.3 is 9.84 Å². The lowest BCUT2D eigenvalue weighted by Crippen LogP contribution is -2.56. The lowest BCUT2D eigenvalue weighted by Gasteiger charge is -2.45. The van der Waals surface area contributed by atoms with Gasteiger partial charge in [0.15, 0.2) is 0 Å². The second kappa shape index (κ2) is 10.8. The zero-order chi connectivity index (χ0) is 27.9. The third-order valence-electron chi connectivity index (χ3n) is 8.51. The first-order valence-electron chi connectivity index (χ1n) is 13.4. The highest BCUT2D eigenvalue weighted by Crippen LogP contribution is 2.44. The van der Waals surface area contributed by atoms with Gasteiger partial charge in [-0.05, 0) is 67.0 Å². The first-order chi connectivity index (χ1) is 18.4. The van der Waals surface area contributed by atoms with E-state index in [1.54, 1.807) is 18.2 Å². The summed E-state index contributed by atoms with van der Waals surface area (Å²) in [7, 11) is 0. The average Bonchev–Trinajstić information content (AvgIpc) is 2.87. The van der Waals surface area contributed by atoms with Crippen LogP contribution >= 0.6 is 0 Å². The summed E-state index contributed by atoms with van der Waals surface area (Å²) in [6.07, 6.45) is -8.40. The molecule has 3 aliphatic rings. The number of aliphatic carboxylic acids is 1. The largest absolute Gasteiger partial charge is 0.490 e. The highest BCUT2D eigenvalue weighted by atomic mass is 19.4. The van der Waals surface area contributed by atoms with Crippen LogP contribution in [0.5, 0.6) is 5.75 Å². The summed E-state index contributed by atoms with van der Waals surface area (Å²) in [6.45, 7) is 3.41. The fourth-order valence-electron chi connectivity index (χ4n) is 6.38. The van der Waals surface area contributed by atoms with E-state index in [1.165, 1.54) is 12.1 Å². The minimum absolute atomic E-state index is 0.00420. The molecule has 2 aromatic rings. The number of hydrogen-bond donors (Lipinski definition) is 1. The monoisotopic (exact) mass is 558 g/mol. The van der Waals surface area contributed by atoms with E-state index in [0.29, 0.717) is 24.9 Å². The lowest BCUT2D eigenvalue weighted by molar-refractivity contribution is -0.185. The Labute approximate surface area is 222 Å². The molecule has 3 fully saturated rings. The molecule has 1 N–H and O–H groups in total. The first-order valence-corrected chi connectivity index (χ1v) is 13.4. The van der Waals surface area contributed by atoms with E-state index in [0.717, 1.165) is 31.6 Å². The molecule has 5 nitrogen and oxygen atoms in total. The number of ether oxygens (including phenoxy) is 1. The zero-order valence-corrected chi connectivity index (χ0v) is 21.4. The number of carboxylic acid groups (broad SMARTS) is 1. The van der Waals surface area contributed by atoms with Crippen LogP contribution < -0.4 is 4.74 Å². The number of nitrogens with zero attached hydrogens (tertiary/aromatic N) is 2. The Morgan fingerprint density at radius 3 is 2.33 bits per heavy atom. The second-order valence-electron chi connectivity index (χ2n) is 11.1. The van der Waals surface area contributed by atoms with Crippen molar-refractivity contribution < 1.29 is 41.0 Å². The topological polar surface area (TPSA) is 53.0 Å². The fourth-order valence-corrected chi connectivity index (χ4v) is 6.38. The number of carboxylic acids is 1. The molecule has 0 radical (unpaired) electrons. The summed E-state index contributed by atoms with van der Waals surface area (Å²) in [6, 6.07) is 8.02. The molecule has 0 unspecified atom stereocenters. The number of piperidine rings is 1. The molecule has 11 heteroatoms. The van der Waals surface area contributed by atoms with Crippen molar-refractivity contribution in [3.8, 4) is 5.75 Å². The minimum Gasteiger partial charge on any atom is -0.490 e. The molecule has 39 heavy (non-hydrogen) atoms. The Hall–Kier alpha value is -2.53. The van der Waals surface area contributed by atoms with Crippen LogP contribution in [0.15, 0.2) is 30.3 Å². The lowest BCUT2D eigenvalue weighted by atomic mass is 9.87. The summed E-state index contributed by atoms with van der Waals surface area (Å²) >= 11 is 0. The molecule has 1 saturated carbocycles. The third-order valence-corrected chi connectivity index (χ3v) is 8.51. The van der Waals surface area contributed by atoms with Crippen LogP contribution in [0.4, 0.5) is 26.3 Å². The van der Waals surface area contributed by atoms with E-state index < -0.39 is 35.9 Å². The Kier molecular flexibility index (Phi) is 7.76. The van der Waals surface area contributed by atoms with Gasteiger partial charge in [0, 0.05) is 38.8 Å². The van der Waals surface area contributed by atoms with Crippen LogP contribution in [0.25, 0.3) is 10.8 Å². The molecule has 2 heterocycles. The van der Waals surface area contributed by atoms with E-state index in [-0.39, 0.29) is 48.8 Å². The molecule has 2 aromatic carbocycles. The Morgan fingerprint density at radius 1 is 0.923 bits per heavy atom. The smallest absolute Gasteiger partial charge is 0.420 e. The molecular weight excluding hydrogens is 526 g/mol. The van der Waals surface area contributed by atoms with Gasteiger partial charge in [0.2, 0.25) is 0 Å². The van der Waals surface area contributed by atoms with Gasteiger partial charge in [-0.25, -0.2) is 0 Å². The number of benzene rings is 2. The minimum atomic E-state index is -4.69. The number of carbonyl (C=O) groups is 1. The molecule has 0 aromatic heterocycles. The predicted molar refractivity (Wildman–Crippen MR) is 132 cm³/mol. The number of halogens is 6. The van der Waals surface area contributed by atoms with E-state index >= 15 is 0 Å². The highest BCUT2D eigenvalue weighted by Gasteiger charge is 2.43. The summed E-state index contributed by atoms with van der Waals surface area (Å²) in [5, 5.41) is 9.74. The van der Waals surface area contributed by atoms with Crippen molar-refractivity contribution in [3.63, 3.8) is 0 Å².